The Hall–Kier alpha value is -2.86. The van der Waals surface area contributed by atoms with Gasteiger partial charge in [0.2, 0.25) is 11.8 Å². The minimum Gasteiger partial charge on any atom is -0.462 e. The largest absolute Gasteiger partial charge is 0.462 e. The molecule has 3 rings (SSSR count). The van der Waals surface area contributed by atoms with Crippen LogP contribution in [0.2, 0.25) is 0 Å². The lowest BCUT2D eigenvalue weighted by atomic mass is 9.97. The van der Waals surface area contributed by atoms with Gasteiger partial charge >= 0.3 is 0 Å². The molecule has 1 aliphatic rings. The predicted octanol–water partition coefficient (Wildman–Crippen LogP) is 2.94. The maximum Gasteiger partial charge on any atom is 0.248 e. The van der Waals surface area contributed by atoms with Crippen LogP contribution in [-0.4, -0.2) is 29.8 Å². The first-order valence-corrected chi connectivity index (χ1v) is 9.16. The van der Waals surface area contributed by atoms with Gasteiger partial charge < -0.3 is 15.5 Å². The van der Waals surface area contributed by atoms with Gasteiger partial charge in [-0.15, -0.1) is 0 Å². The Morgan fingerprint density at radius 3 is 2.70 bits per heavy atom. The van der Waals surface area contributed by atoms with Crippen molar-refractivity contribution in [1.29, 1.82) is 0 Å². The molecule has 0 radical (unpaired) electrons. The molecule has 3 N–H and O–H groups in total. The van der Waals surface area contributed by atoms with Gasteiger partial charge in [0.25, 0.3) is 0 Å². The van der Waals surface area contributed by atoms with E-state index in [1.165, 1.54) is 6.08 Å². The van der Waals surface area contributed by atoms with E-state index in [0.717, 1.165) is 42.9 Å². The second kappa shape index (κ2) is 8.68. The second-order valence-electron chi connectivity index (χ2n) is 6.94. The summed E-state index contributed by atoms with van der Waals surface area (Å²) in [5.41, 5.74) is 7.31. The molecule has 2 aromatic rings. The van der Waals surface area contributed by atoms with Crippen molar-refractivity contribution in [1.82, 2.24) is 4.90 Å². The molecule has 27 heavy (non-hydrogen) atoms. The summed E-state index contributed by atoms with van der Waals surface area (Å²) in [4.78, 5) is 25.6. The van der Waals surface area contributed by atoms with Crippen LogP contribution in [0.1, 0.15) is 29.9 Å². The maximum absolute atomic E-state index is 12.0. The number of hydrogen-bond acceptors (Lipinski definition) is 4. The molecular formula is C21H25N3O3. The topological polar surface area (TPSA) is 88.6 Å². The van der Waals surface area contributed by atoms with E-state index < -0.39 is 0 Å². The average molecular weight is 367 g/mol. The summed E-state index contributed by atoms with van der Waals surface area (Å²) >= 11 is 0. The van der Waals surface area contributed by atoms with Gasteiger partial charge in [-0.2, -0.15) is 0 Å². The Bertz CT molecular complexity index is 823. The molecule has 1 aromatic carbocycles. The number of rotatable bonds is 6. The van der Waals surface area contributed by atoms with E-state index >= 15 is 0 Å². The van der Waals surface area contributed by atoms with E-state index in [0.29, 0.717) is 12.3 Å². The first-order valence-electron chi connectivity index (χ1n) is 9.16. The van der Waals surface area contributed by atoms with Crippen molar-refractivity contribution in [2.24, 2.45) is 11.7 Å². The van der Waals surface area contributed by atoms with Gasteiger partial charge in [0.15, 0.2) is 0 Å². The summed E-state index contributed by atoms with van der Waals surface area (Å²) in [5.74, 6) is 0.977. The van der Waals surface area contributed by atoms with Crippen molar-refractivity contribution >= 4 is 23.6 Å². The number of amides is 2. The predicted molar refractivity (Wildman–Crippen MR) is 105 cm³/mol. The van der Waals surface area contributed by atoms with Crippen LogP contribution < -0.4 is 11.1 Å². The number of primary amides is 1. The highest BCUT2D eigenvalue weighted by Crippen LogP contribution is 2.19. The average Bonchev–Trinajstić information content (AvgIpc) is 3.07. The van der Waals surface area contributed by atoms with Crippen molar-refractivity contribution in [3.63, 3.8) is 0 Å². The fraction of sp³-hybridized carbons (Fsp3) is 0.333. The van der Waals surface area contributed by atoms with E-state index in [4.69, 9.17) is 10.2 Å². The lowest BCUT2D eigenvalue weighted by Crippen LogP contribution is -2.40. The number of nitrogens with one attached hydrogen (secondary N) is 1. The van der Waals surface area contributed by atoms with Gasteiger partial charge in [-0.3, -0.25) is 14.5 Å². The van der Waals surface area contributed by atoms with E-state index in [-0.39, 0.29) is 17.7 Å². The van der Waals surface area contributed by atoms with Gasteiger partial charge in [0.05, 0.1) is 5.92 Å². The number of aryl methyl sites for hydroxylation is 1. The number of nitrogens with zero attached hydrogens (tertiary/aromatic N) is 1. The van der Waals surface area contributed by atoms with Crippen LogP contribution in [0.4, 0.5) is 5.69 Å². The van der Waals surface area contributed by atoms with Gasteiger partial charge in [-0.1, -0.05) is 12.1 Å². The van der Waals surface area contributed by atoms with Crippen molar-refractivity contribution in [2.45, 2.75) is 26.3 Å². The highest BCUT2D eigenvalue weighted by molar-refractivity contribution is 6.01. The molecule has 1 saturated heterocycles. The molecule has 1 aromatic heterocycles. The van der Waals surface area contributed by atoms with Crippen LogP contribution in [0.3, 0.4) is 0 Å². The van der Waals surface area contributed by atoms with Gasteiger partial charge in [0.1, 0.15) is 11.5 Å². The SMILES string of the molecule is Cc1ccc(/C=C/C(=O)Nc2ccc(CN3CCCC(C(N)=O)C3)cc2)o1. The number of anilines is 1. The molecule has 1 unspecified atom stereocenters. The van der Waals surface area contributed by atoms with Crippen LogP contribution in [-0.2, 0) is 16.1 Å². The standard InChI is InChI=1S/C21H25N3O3/c1-15-4-9-19(27-15)10-11-20(25)23-18-7-5-16(6-8-18)13-24-12-2-3-17(14-24)21(22)26/h4-11,17H,2-3,12-14H2,1H3,(H2,22,26)(H,23,25)/b11-10+. The zero-order valence-corrected chi connectivity index (χ0v) is 15.5. The molecule has 6 nitrogen and oxygen atoms in total. The molecule has 2 heterocycles. The summed E-state index contributed by atoms with van der Waals surface area (Å²) in [6.45, 7) is 4.32. The molecule has 1 fully saturated rings. The molecule has 2 amide bonds. The fourth-order valence-electron chi connectivity index (χ4n) is 3.27. The Morgan fingerprint density at radius 1 is 1.26 bits per heavy atom. The summed E-state index contributed by atoms with van der Waals surface area (Å²) < 4.78 is 5.39. The summed E-state index contributed by atoms with van der Waals surface area (Å²) in [5, 5.41) is 2.83. The minimum atomic E-state index is -0.212. The molecule has 0 bridgehead atoms. The Labute approximate surface area is 159 Å². The van der Waals surface area contributed by atoms with Gasteiger partial charge in [-0.05, 0) is 62.2 Å². The maximum atomic E-state index is 12.0. The lowest BCUT2D eigenvalue weighted by molar-refractivity contribution is -0.123. The minimum absolute atomic E-state index is 0.0537. The first-order chi connectivity index (χ1) is 13.0. The number of carbonyl (C=O) groups is 2. The zero-order valence-electron chi connectivity index (χ0n) is 15.5. The van der Waals surface area contributed by atoms with Crippen LogP contribution >= 0.6 is 0 Å². The molecule has 0 aliphatic carbocycles. The van der Waals surface area contributed by atoms with Crippen LogP contribution in [0, 0.1) is 12.8 Å². The fourth-order valence-corrected chi connectivity index (χ4v) is 3.27. The van der Waals surface area contributed by atoms with Crippen molar-refractivity contribution in [3.05, 3.63) is 59.6 Å². The number of carbonyl (C=O) groups excluding carboxylic acids is 2. The quantitative estimate of drug-likeness (QED) is 0.768. The summed E-state index contributed by atoms with van der Waals surface area (Å²) in [7, 11) is 0. The van der Waals surface area contributed by atoms with Crippen LogP contribution in [0.15, 0.2) is 46.9 Å². The number of furan rings is 1. The second-order valence-corrected chi connectivity index (χ2v) is 6.94. The Morgan fingerprint density at radius 2 is 2.04 bits per heavy atom. The monoisotopic (exact) mass is 367 g/mol. The smallest absolute Gasteiger partial charge is 0.248 e. The molecule has 0 spiro atoms. The number of likely N-dealkylation sites (tertiary alicyclic amines) is 1. The third-order valence-electron chi connectivity index (χ3n) is 4.70. The van der Waals surface area contributed by atoms with Crippen molar-refractivity contribution in [2.75, 3.05) is 18.4 Å². The molecule has 0 saturated carbocycles. The molecule has 142 valence electrons. The number of hydrogen-bond donors (Lipinski definition) is 2. The van der Waals surface area contributed by atoms with Crippen LogP contribution in [0.25, 0.3) is 6.08 Å². The van der Waals surface area contributed by atoms with Gasteiger partial charge in [0, 0.05) is 24.9 Å². The van der Waals surface area contributed by atoms with Crippen LogP contribution in [0.5, 0.6) is 0 Å². The molecule has 1 aliphatic heterocycles. The van der Waals surface area contributed by atoms with Crippen molar-refractivity contribution in [3.8, 4) is 0 Å². The van der Waals surface area contributed by atoms with E-state index in [1.54, 1.807) is 6.08 Å². The number of benzene rings is 1. The highest BCUT2D eigenvalue weighted by atomic mass is 16.3. The third kappa shape index (κ3) is 5.56. The van der Waals surface area contributed by atoms with E-state index in [1.807, 2.05) is 43.3 Å². The normalized spacial score (nSPS) is 17.9. The zero-order chi connectivity index (χ0) is 19.2. The summed E-state index contributed by atoms with van der Waals surface area (Å²) in [6, 6.07) is 11.4. The highest BCUT2D eigenvalue weighted by Gasteiger charge is 2.23. The Kier molecular flexibility index (Phi) is 6.08. The molecule has 1 atom stereocenters. The van der Waals surface area contributed by atoms with E-state index in [2.05, 4.69) is 10.2 Å². The number of nitrogens with two attached hydrogens (primary N) is 1. The van der Waals surface area contributed by atoms with Gasteiger partial charge in [-0.25, -0.2) is 0 Å². The molecule has 6 heteroatoms. The van der Waals surface area contributed by atoms with Crippen molar-refractivity contribution < 1.29 is 14.0 Å². The lowest BCUT2D eigenvalue weighted by Gasteiger charge is -2.31. The number of piperidine rings is 1. The first kappa shape index (κ1) is 18.9. The Balaban J connectivity index is 1.51. The molecular weight excluding hydrogens is 342 g/mol. The van der Waals surface area contributed by atoms with E-state index in [9.17, 15) is 9.59 Å². The summed E-state index contributed by atoms with van der Waals surface area (Å²) in [6.07, 6.45) is 4.96. The third-order valence-corrected chi connectivity index (χ3v) is 4.70.